The van der Waals surface area contributed by atoms with Gasteiger partial charge in [0, 0.05) is 28.4 Å². The molecule has 5 nitrogen and oxygen atoms in total. The summed E-state index contributed by atoms with van der Waals surface area (Å²) in [6, 6.07) is 10.9. The van der Waals surface area contributed by atoms with Crippen LogP contribution in [0.4, 0.5) is 0 Å². The van der Waals surface area contributed by atoms with E-state index in [1.807, 2.05) is 25.1 Å². The number of aryl methyl sites for hydroxylation is 1. The van der Waals surface area contributed by atoms with Gasteiger partial charge in [0.1, 0.15) is 5.75 Å². The van der Waals surface area contributed by atoms with Crippen LogP contribution in [0.2, 0.25) is 0 Å². The molecular weight excluding hydrogens is 350 g/mol. The maximum Gasteiger partial charge on any atom is 0.260 e. The number of amides is 1. The first-order valence-corrected chi connectivity index (χ1v) is 9.31. The van der Waals surface area contributed by atoms with Crippen LogP contribution in [0, 0.1) is 6.92 Å². The Morgan fingerprint density at radius 1 is 1.15 bits per heavy atom. The van der Waals surface area contributed by atoms with Gasteiger partial charge in [-0.2, -0.15) is 0 Å². The van der Waals surface area contributed by atoms with E-state index in [0.29, 0.717) is 37.6 Å². The number of rotatable bonds is 6. The second kappa shape index (κ2) is 8.78. The Balaban J connectivity index is 1.51. The normalized spacial score (nSPS) is 14.6. The summed E-state index contributed by atoms with van der Waals surface area (Å²) >= 11 is 1.65. The van der Waals surface area contributed by atoms with E-state index in [2.05, 4.69) is 0 Å². The molecule has 0 unspecified atom stereocenters. The zero-order chi connectivity index (χ0) is 18.4. The fourth-order valence-corrected chi connectivity index (χ4v) is 3.34. The first-order valence-electron chi connectivity index (χ1n) is 8.49. The minimum absolute atomic E-state index is 0.00900. The van der Waals surface area contributed by atoms with Crippen LogP contribution < -0.4 is 4.74 Å². The number of ether oxygens (including phenoxy) is 2. The number of ketones is 1. The van der Waals surface area contributed by atoms with Crippen LogP contribution in [0.5, 0.6) is 5.75 Å². The predicted molar refractivity (Wildman–Crippen MR) is 102 cm³/mol. The summed E-state index contributed by atoms with van der Waals surface area (Å²) in [6.45, 7) is 4.37. The molecule has 1 aromatic heterocycles. The molecule has 0 aliphatic carbocycles. The number of nitrogens with zero attached hydrogens (tertiary/aromatic N) is 1. The molecule has 26 heavy (non-hydrogen) atoms. The molecule has 1 amide bonds. The van der Waals surface area contributed by atoms with E-state index in [1.165, 1.54) is 4.88 Å². The highest BCUT2D eigenvalue weighted by molar-refractivity contribution is 7.12. The molecular formula is C20H21NO4S. The molecule has 1 saturated heterocycles. The molecule has 0 radical (unpaired) electrons. The Kier molecular flexibility index (Phi) is 6.20. The first-order chi connectivity index (χ1) is 12.6. The molecule has 0 N–H and O–H groups in total. The molecule has 1 aliphatic rings. The highest BCUT2D eigenvalue weighted by atomic mass is 32.1. The fourth-order valence-electron chi connectivity index (χ4n) is 2.56. The van der Waals surface area contributed by atoms with Crippen LogP contribution in [-0.2, 0) is 9.53 Å². The number of carbonyl (C=O) groups excluding carboxylic acids is 2. The number of hydrogen-bond donors (Lipinski definition) is 0. The van der Waals surface area contributed by atoms with Crippen molar-refractivity contribution in [2.75, 3.05) is 32.9 Å². The van der Waals surface area contributed by atoms with Crippen LogP contribution in [0.25, 0.3) is 6.08 Å². The summed E-state index contributed by atoms with van der Waals surface area (Å²) in [5.41, 5.74) is 0.585. The van der Waals surface area contributed by atoms with Crippen molar-refractivity contribution in [3.63, 3.8) is 0 Å². The Morgan fingerprint density at radius 3 is 2.54 bits per heavy atom. The van der Waals surface area contributed by atoms with Crippen molar-refractivity contribution in [2.45, 2.75) is 6.92 Å². The summed E-state index contributed by atoms with van der Waals surface area (Å²) in [5.74, 6) is 0.454. The van der Waals surface area contributed by atoms with Gasteiger partial charge in [-0.25, -0.2) is 0 Å². The van der Waals surface area contributed by atoms with Gasteiger partial charge in [0.15, 0.2) is 12.4 Å². The van der Waals surface area contributed by atoms with Crippen LogP contribution >= 0.6 is 11.3 Å². The van der Waals surface area contributed by atoms with Gasteiger partial charge in [0.05, 0.1) is 13.2 Å². The highest BCUT2D eigenvalue weighted by Crippen LogP contribution is 2.18. The van der Waals surface area contributed by atoms with E-state index >= 15 is 0 Å². The van der Waals surface area contributed by atoms with Crippen molar-refractivity contribution in [3.05, 3.63) is 57.8 Å². The lowest BCUT2D eigenvalue weighted by atomic mass is 10.1. The zero-order valence-corrected chi connectivity index (χ0v) is 15.5. The molecule has 2 heterocycles. The molecule has 0 spiro atoms. The first kappa shape index (κ1) is 18.4. The monoisotopic (exact) mass is 371 g/mol. The largest absolute Gasteiger partial charge is 0.484 e. The molecule has 3 rings (SSSR count). The number of hydrogen-bond acceptors (Lipinski definition) is 5. The third kappa shape index (κ3) is 5.03. The second-order valence-electron chi connectivity index (χ2n) is 5.95. The van der Waals surface area contributed by atoms with Gasteiger partial charge in [-0.05, 0) is 55.5 Å². The predicted octanol–water partition coefficient (Wildman–Crippen LogP) is 3.19. The standard InChI is InChI=1S/C20H21NO4S/c1-15-2-7-18(26-15)8-9-19(22)16-3-5-17(6-4-16)25-14-20(23)21-10-12-24-13-11-21/h2-9H,10-14H2,1H3/b9-8+. The SMILES string of the molecule is Cc1ccc(/C=C/C(=O)c2ccc(OCC(=O)N3CCOCC3)cc2)s1. The Bertz CT molecular complexity index is 788. The van der Waals surface area contributed by atoms with Crippen molar-refractivity contribution in [3.8, 4) is 5.75 Å². The topological polar surface area (TPSA) is 55.8 Å². The quantitative estimate of drug-likeness (QED) is 0.578. The smallest absolute Gasteiger partial charge is 0.260 e. The van der Waals surface area contributed by atoms with Gasteiger partial charge in [0.2, 0.25) is 0 Å². The third-order valence-corrected chi connectivity index (χ3v) is 4.99. The van der Waals surface area contributed by atoms with Gasteiger partial charge in [0.25, 0.3) is 5.91 Å². The van der Waals surface area contributed by atoms with Gasteiger partial charge in [-0.15, -0.1) is 11.3 Å². The molecule has 0 bridgehead atoms. The Hall–Kier alpha value is -2.44. The summed E-state index contributed by atoms with van der Waals surface area (Å²) in [6.07, 6.45) is 3.40. The van der Waals surface area contributed by atoms with Crippen LogP contribution in [0.3, 0.4) is 0 Å². The molecule has 0 saturated carbocycles. The summed E-state index contributed by atoms with van der Waals surface area (Å²) in [7, 11) is 0. The number of morpholine rings is 1. The summed E-state index contributed by atoms with van der Waals surface area (Å²) in [5, 5.41) is 0. The second-order valence-corrected chi connectivity index (χ2v) is 7.27. The van der Waals surface area contributed by atoms with Crippen molar-refractivity contribution < 1.29 is 19.1 Å². The molecule has 1 aromatic carbocycles. The number of carbonyl (C=O) groups is 2. The van der Waals surface area contributed by atoms with Crippen molar-refractivity contribution in [1.29, 1.82) is 0 Å². The van der Waals surface area contributed by atoms with Crippen LogP contribution in [0.1, 0.15) is 20.1 Å². The Labute approximate surface area is 156 Å². The third-order valence-electron chi connectivity index (χ3n) is 4.03. The van der Waals surface area contributed by atoms with Crippen molar-refractivity contribution >= 4 is 29.1 Å². The maximum atomic E-state index is 12.2. The fraction of sp³-hybridized carbons (Fsp3) is 0.300. The average Bonchev–Trinajstić information content (AvgIpc) is 3.10. The lowest BCUT2D eigenvalue weighted by molar-refractivity contribution is -0.137. The molecule has 2 aromatic rings. The van der Waals surface area contributed by atoms with E-state index < -0.39 is 0 Å². The van der Waals surface area contributed by atoms with Gasteiger partial charge >= 0.3 is 0 Å². The van der Waals surface area contributed by atoms with Crippen molar-refractivity contribution in [2.24, 2.45) is 0 Å². The summed E-state index contributed by atoms with van der Waals surface area (Å²) < 4.78 is 10.8. The van der Waals surface area contributed by atoms with E-state index in [1.54, 1.807) is 46.6 Å². The molecule has 1 aliphatic heterocycles. The average molecular weight is 371 g/mol. The van der Waals surface area contributed by atoms with Crippen LogP contribution in [0.15, 0.2) is 42.5 Å². The molecule has 136 valence electrons. The number of allylic oxidation sites excluding steroid dienone is 1. The maximum absolute atomic E-state index is 12.2. The van der Waals surface area contributed by atoms with E-state index in [4.69, 9.17) is 9.47 Å². The number of thiophene rings is 1. The van der Waals surface area contributed by atoms with Crippen molar-refractivity contribution in [1.82, 2.24) is 4.90 Å². The van der Waals surface area contributed by atoms with E-state index in [9.17, 15) is 9.59 Å². The van der Waals surface area contributed by atoms with Gasteiger partial charge in [-0.3, -0.25) is 9.59 Å². The lowest BCUT2D eigenvalue weighted by Crippen LogP contribution is -2.42. The highest BCUT2D eigenvalue weighted by Gasteiger charge is 2.17. The molecule has 1 fully saturated rings. The zero-order valence-electron chi connectivity index (χ0n) is 14.6. The van der Waals surface area contributed by atoms with E-state index in [-0.39, 0.29) is 18.3 Å². The van der Waals surface area contributed by atoms with Gasteiger partial charge < -0.3 is 14.4 Å². The molecule has 0 atom stereocenters. The van der Waals surface area contributed by atoms with Crippen LogP contribution in [-0.4, -0.2) is 49.5 Å². The summed E-state index contributed by atoms with van der Waals surface area (Å²) in [4.78, 5) is 28.3. The van der Waals surface area contributed by atoms with Gasteiger partial charge in [-0.1, -0.05) is 0 Å². The molecule has 6 heteroatoms. The lowest BCUT2D eigenvalue weighted by Gasteiger charge is -2.26. The van der Waals surface area contributed by atoms with E-state index in [0.717, 1.165) is 4.88 Å². The minimum atomic E-state index is -0.0630. The minimum Gasteiger partial charge on any atom is -0.484 e. The Morgan fingerprint density at radius 2 is 1.88 bits per heavy atom. The number of benzene rings is 1.